The highest BCUT2D eigenvalue weighted by Crippen LogP contribution is 2.25. The Morgan fingerprint density at radius 1 is 1.18 bits per heavy atom. The van der Waals surface area contributed by atoms with Crippen molar-refractivity contribution in [1.82, 2.24) is 0 Å². The van der Waals surface area contributed by atoms with Crippen LogP contribution in [0.15, 0.2) is 23.8 Å². The Labute approximate surface area is 102 Å². The SMILES string of the molecule is CC(=O)C(=C(C)c1cc(C)cc(F)c1)C(C)C. The van der Waals surface area contributed by atoms with Crippen molar-refractivity contribution in [2.75, 3.05) is 0 Å². The zero-order chi connectivity index (χ0) is 13.2. The number of carbonyl (C=O) groups is 1. The van der Waals surface area contributed by atoms with Crippen molar-refractivity contribution in [3.05, 3.63) is 40.7 Å². The zero-order valence-electron chi connectivity index (χ0n) is 11.1. The summed E-state index contributed by atoms with van der Waals surface area (Å²) in [5.74, 6) is -0.0542. The highest BCUT2D eigenvalue weighted by molar-refractivity contribution is 6.01. The predicted octanol–water partition coefficient (Wildman–Crippen LogP) is 4.15. The van der Waals surface area contributed by atoms with E-state index in [0.29, 0.717) is 0 Å². The Morgan fingerprint density at radius 3 is 2.18 bits per heavy atom. The van der Waals surface area contributed by atoms with Crippen molar-refractivity contribution >= 4 is 11.4 Å². The average molecular weight is 234 g/mol. The first-order valence-electron chi connectivity index (χ1n) is 5.82. The summed E-state index contributed by atoms with van der Waals surface area (Å²) in [6.07, 6.45) is 0. The Balaban J connectivity index is 3.38. The summed E-state index contributed by atoms with van der Waals surface area (Å²) in [4.78, 5) is 11.6. The maximum absolute atomic E-state index is 13.3. The van der Waals surface area contributed by atoms with Crippen molar-refractivity contribution in [2.24, 2.45) is 5.92 Å². The summed E-state index contributed by atoms with van der Waals surface area (Å²) in [5.41, 5.74) is 3.30. The second-order valence-corrected chi connectivity index (χ2v) is 4.77. The van der Waals surface area contributed by atoms with E-state index in [1.807, 2.05) is 33.8 Å². The summed E-state index contributed by atoms with van der Waals surface area (Å²) in [5, 5.41) is 0. The van der Waals surface area contributed by atoms with Crippen LogP contribution in [-0.4, -0.2) is 5.78 Å². The van der Waals surface area contributed by atoms with Crippen LogP contribution >= 0.6 is 0 Å². The number of allylic oxidation sites excluding steroid dienone is 2. The van der Waals surface area contributed by atoms with Crippen molar-refractivity contribution in [2.45, 2.75) is 34.6 Å². The van der Waals surface area contributed by atoms with Crippen molar-refractivity contribution < 1.29 is 9.18 Å². The smallest absolute Gasteiger partial charge is 0.156 e. The molecule has 17 heavy (non-hydrogen) atoms. The molecule has 0 amide bonds. The van der Waals surface area contributed by atoms with Crippen LogP contribution in [0.4, 0.5) is 4.39 Å². The largest absolute Gasteiger partial charge is 0.295 e. The van der Waals surface area contributed by atoms with Gasteiger partial charge in [0, 0.05) is 5.57 Å². The molecule has 0 heterocycles. The fourth-order valence-electron chi connectivity index (χ4n) is 2.21. The molecule has 0 aromatic heterocycles. The summed E-state index contributed by atoms with van der Waals surface area (Å²) in [6, 6.07) is 4.87. The van der Waals surface area contributed by atoms with Gasteiger partial charge in [-0.2, -0.15) is 0 Å². The van der Waals surface area contributed by atoms with Gasteiger partial charge in [-0.15, -0.1) is 0 Å². The molecule has 0 radical (unpaired) electrons. The number of Topliss-reactive ketones (excluding diaryl/α,β-unsaturated/α-hetero) is 1. The van der Waals surface area contributed by atoms with E-state index in [0.717, 1.165) is 22.3 Å². The molecular weight excluding hydrogens is 215 g/mol. The van der Waals surface area contributed by atoms with Gasteiger partial charge in [-0.25, -0.2) is 4.39 Å². The Hall–Kier alpha value is -1.44. The molecule has 0 bridgehead atoms. The van der Waals surface area contributed by atoms with E-state index in [9.17, 15) is 9.18 Å². The van der Waals surface area contributed by atoms with Crippen LogP contribution in [-0.2, 0) is 4.79 Å². The lowest BCUT2D eigenvalue weighted by atomic mass is 9.90. The molecule has 0 saturated heterocycles. The molecule has 0 aliphatic heterocycles. The molecule has 0 N–H and O–H groups in total. The highest BCUT2D eigenvalue weighted by Gasteiger charge is 2.14. The lowest BCUT2D eigenvalue weighted by Crippen LogP contribution is -2.07. The van der Waals surface area contributed by atoms with E-state index in [1.54, 1.807) is 6.92 Å². The third-order valence-corrected chi connectivity index (χ3v) is 2.84. The van der Waals surface area contributed by atoms with E-state index >= 15 is 0 Å². The lowest BCUT2D eigenvalue weighted by Gasteiger charge is -2.14. The fraction of sp³-hybridized carbons (Fsp3) is 0.400. The van der Waals surface area contributed by atoms with Gasteiger partial charge < -0.3 is 0 Å². The van der Waals surface area contributed by atoms with E-state index in [4.69, 9.17) is 0 Å². The Bertz CT molecular complexity index is 450. The molecule has 92 valence electrons. The number of ketones is 1. The van der Waals surface area contributed by atoms with Gasteiger partial charge in [-0.1, -0.05) is 19.9 Å². The van der Waals surface area contributed by atoms with Crippen LogP contribution in [0.5, 0.6) is 0 Å². The number of rotatable bonds is 3. The van der Waals surface area contributed by atoms with Crippen molar-refractivity contribution in [1.29, 1.82) is 0 Å². The van der Waals surface area contributed by atoms with Gasteiger partial charge in [-0.05, 0) is 55.5 Å². The van der Waals surface area contributed by atoms with Gasteiger partial charge in [0.25, 0.3) is 0 Å². The predicted molar refractivity (Wildman–Crippen MR) is 69.3 cm³/mol. The van der Waals surface area contributed by atoms with Crippen LogP contribution in [0.2, 0.25) is 0 Å². The van der Waals surface area contributed by atoms with Crippen LogP contribution in [0.1, 0.15) is 38.8 Å². The van der Waals surface area contributed by atoms with Gasteiger partial charge in [0.1, 0.15) is 5.82 Å². The highest BCUT2D eigenvalue weighted by atomic mass is 19.1. The molecular formula is C15H19FO. The van der Waals surface area contributed by atoms with Crippen LogP contribution in [0.25, 0.3) is 5.57 Å². The monoisotopic (exact) mass is 234 g/mol. The second-order valence-electron chi connectivity index (χ2n) is 4.77. The van der Waals surface area contributed by atoms with E-state index in [-0.39, 0.29) is 17.5 Å². The maximum atomic E-state index is 13.3. The summed E-state index contributed by atoms with van der Waals surface area (Å²) in [7, 11) is 0. The second kappa shape index (κ2) is 5.26. The molecule has 0 aliphatic rings. The zero-order valence-corrected chi connectivity index (χ0v) is 11.1. The summed E-state index contributed by atoms with van der Waals surface area (Å²) < 4.78 is 13.3. The minimum absolute atomic E-state index is 0.0550. The summed E-state index contributed by atoms with van der Waals surface area (Å²) >= 11 is 0. The molecule has 0 atom stereocenters. The van der Waals surface area contributed by atoms with Gasteiger partial charge in [0.15, 0.2) is 5.78 Å². The Morgan fingerprint density at radius 2 is 1.76 bits per heavy atom. The summed E-state index contributed by atoms with van der Waals surface area (Å²) in [6.45, 7) is 9.25. The van der Waals surface area contributed by atoms with Crippen LogP contribution < -0.4 is 0 Å². The normalized spacial score (nSPS) is 12.6. The van der Waals surface area contributed by atoms with Crippen LogP contribution in [0.3, 0.4) is 0 Å². The number of benzene rings is 1. The minimum atomic E-state index is -0.258. The van der Waals surface area contributed by atoms with Gasteiger partial charge in [0.05, 0.1) is 0 Å². The fourth-order valence-corrected chi connectivity index (χ4v) is 2.21. The van der Waals surface area contributed by atoms with Crippen LogP contribution in [0, 0.1) is 18.7 Å². The topological polar surface area (TPSA) is 17.1 Å². The first kappa shape index (κ1) is 13.6. The van der Waals surface area contributed by atoms with E-state index in [2.05, 4.69) is 0 Å². The minimum Gasteiger partial charge on any atom is -0.295 e. The first-order chi connectivity index (χ1) is 7.82. The standard InChI is InChI=1S/C15H19FO/c1-9(2)15(12(5)17)11(4)13-6-10(3)7-14(16)8-13/h6-9H,1-5H3. The van der Waals surface area contributed by atoms with Crippen molar-refractivity contribution in [3.63, 3.8) is 0 Å². The molecule has 2 heteroatoms. The molecule has 0 spiro atoms. The van der Waals surface area contributed by atoms with Gasteiger partial charge >= 0.3 is 0 Å². The third kappa shape index (κ3) is 3.26. The molecule has 1 aromatic rings. The molecule has 0 unspecified atom stereocenters. The number of hydrogen-bond acceptors (Lipinski definition) is 1. The third-order valence-electron chi connectivity index (χ3n) is 2.84. The molecule has 0 aliphatic carbocycles. The number of hydrogen-bond donors (Lipinski definition) is 0. The number of carbonyl (C=O) groups excluding carboxylic acids is 1. The van der Waals surface area contributed by atoms with Gasteiger partial charge in [0.2, 0.25) is 0 Å². The quantitative estimate of drug-likeness (QED) is 0.718. The maximum Gasteiger partial charge on any atom is 0.156 e. The molecule has 1 rings (SSSR count). The van der Waals surface area contributed by atoms with E-state index < -0.39 is 0 Å². The lowest BCUT2D eigenvalue weighted by molar-refractivity contribution is -0.113. The van der Waals surface area contributed by atoms with Gasteiger partial charge in [-0.3, -0.25) is 4.79 Å². The van der Waals surface area contributed by atoms with Crippen molar-refractivity contribution in [3.8, 4) is 0 Å². The average Bonchev–Trinajstić information content (AvgIpc) is 2.14. The molecule has 1 nitrogen and oxygen atoms in total. The molecule has 0 fully saturated rings. The first-order valence-corrected chi connectivity index (χ1v) is 5.82. The molecule has 0 saturated carbocycles. The number of halogens is 1. The molecule has 1 aromatic carbocycles. The Kier molecular flexibility index (Phi) is 4.22. The number of aryl methyl sites for hydroxylation is 1. The van der Waals surface area contributed by atoms with E-state index in [1.165, 1.54) is 12.1 Å².